The summed E-state index contributed by atoms with van der Waals surface area (Å²) in [5.41, 5.74) is 1.32. The first-order chi connectivity index (χ1) is 9.08. The van der Waals surface area contributed by atoms with Crippen LogP contribution in [-0.2, 0) is 9.47 Å². The maximum absolute atomic E-state index is 5.65. The van der Waals surface area contributed by atoms with Crippen LogP contribution in [0.1, 0.15) is 25.5 Å². The standard InChI is InChI=1S/C15H22O4/c1-15(2)10-19-14(15)11-5-6-12(13(9-11)17-4)18-8-7-16-3/h5-6,9,14H,7-8,10H2,1-4H3. The first-order valence-corrected chi connectivity index (χ1v) is 6.50. The molecule has 4 heteroatoms. The van der Waals surface area contributed by atoms with Crippen LogP contribution in [0, 0.1) is 5.41 Å². The Kier molecular flexibility index (Phi) is 4.32. The van der Waals surface area contributed by atoms with Crippen LogP contribution in [0.3, 0.4) is 0 Å². The van der Waals surface area contributed by atoms with Gasteiger partial charge in [-0.15, -0.1) is 0 Å². The highest BCUT2D eigenvalue weighted by molar-refractivity contribution is 5.44. The highest BCUT2D eigenvalue weighted by atomic mass is 16.5. The molecule has 0 radical (unpaired) electrons. The van der Waals surface area contributed by atoms with Crippen molar-refractivity contribution in [3.05, 3.63) is 23.8 Å². The van der Waals surface area contributed by atoms with Gasteiger partial charge in [-0.05, 0) is 17.7 Å². The summed E-state index contributed by atoms with van der Waals surface area (Å²) < 4.78 is 21.6. The van der Waals surface area contributed by atoms with Gasteiger partial charge >= 0.3 is 0 Å². The van der Waals surface area contributed by atoms with Gasteiger partial charge in [0.1, 0.15) is 6.61 Å². The normalized spacial score (nSPS) is 20.7. The van der Waals surface area contributed by atoms with Gasteiger partial charge in [0, 0.05) is 12.5 Å². The van der Waals surface area contributed by atoms with E-state index in [1.807, 2.05) is 18.2 Å². The van der Waals surface area contributed by atoms with Crippen molar-refractivity contribution in [2.75, 3.05) is 34.0 Å². The van der Waals surface area contributed by atoms with Crippen molar-refractivity contribution in [2.24, 2.45) is 5.41 Å². The van der Waals surface area contributed by atoms with Crippen molar-refractivity contribution >= 4 is 0 Å². The molecule has 1 heterocycles. The zero-order valence-corrected chi connectivity index (χ0v) is 12.1. The molecule has 1 aliphatic heterocycles. The molecular weight excluding hydrogens is 244 g/mol. The molecule has 0 amide bonds. The van der Waals surface area contributed by atoms with Gasteiger partial charge in [-0.1, -0.05) is 19.9 Å². The molecule has 106 valence electrons. The highest BCUT2D eigenvalue weighted by Crippen LogP contribution is 2.47. The number of methoxy groups -OCH3 is 2. The van der Waals surface area contributed by atoms with Gasteiger partial charge < -0.3 is 18.9 Å². The molecule has 1 aromatic carbocycles. The van der Waals surface area contributed by atoms with Gasteiger partial charge in [0.05, 0.1) is 26.4 Å². The minimum Gasteiger partial charge on any atom is -0.493 e. The summed E-state index contributed by atoms with van der Waals surface area (Å²) in [4.78, 5) is 0. The molecule has 1 saturated heterocycles. The lowest BCUT2D eigenvalue weighted by Crippen LogP contribution is -2.40. The third kappa shape index (κ3) is 3.01. The smallest absolute Gasteiger partial charge is 0.161 e. The van der Waals surface area contributed by atoms with Crippen LogP contribution in [0.4, 0.5) is 0 Å². The fourth-order valence-electron chi connectivity index (χ4n) is 2.25. The van der Waals surface area contributed by atoms with Crippen molar-refractivity contribution < 1.29 is 18.9 Å². The van der Waals surface area contributed by atoms with E-state index in [0.29, 0.717) is 13.2 Å². The SMILES string of the molecule is COCCOc1ccc(C2OCC2(C)C)cc1OC. The molecule has 0 bridgehead atoms. The zero-order valence-electron chi connectivity index (χ0n) is 12.1. The van der Waals surface area contributed by atoms with Crippen molar-refractivity contribution in [3.63, 3.8) is 0 Å². The van der Waals surface area contributed by atoms with E-state index in [4.69, 9.17) is 18.9 Å². The minimum absolute atomic E-state index is 0.134. The van der Waals surface area contributed by atoms with E-state index >= 15 is 0 Å². The molecular formula is C15H22O4. The highest BCUT2D eigenvalue weighted by Gasteiger charge is 2.41. The van der Waals surface area contributed by atoms with Crippen LogP contribution < -0.4 is 9.47 Å². The summed E-state index contributed by atoms with van der Waals surface area (Å²) in [7, 11) is 3.30. The van der Waals surface area contributed by atoms with E-state index < -0.39 is 0 Å². The second kappa shape index (κ2) is 5.80. The number of rotatable bonds is 6. The van der Waals surface area contributed by atoms with Crippen LogP contribution in [0.2, 0.25) is 0 Å². The third-order valence-corrected chi connectivity index (χ3v) is 3.37. The number of hydrogen-bond donors (Lipinski definition) is 0. The molecule has 0 aliphatic carbocycles. The molecule has 0 aromatic heterocycles. The molecule has 1 fully saturated rings. The van der Waals surface area contributed by atoms with E-state index in [9.17, 15) is 0 Å². The Balaban J connectivity index is 2.12. The third-order valence-electron chi connectivity index (χ3n) is 3.37. The monoisotopic (exact) mass is 266 g/mol. The largest absolute Gasteiger partial charge is 0.493 e. The Hall–Kier alpha value is -1.26. The van der Waals surface area contributed by atoms with Crippen LogP contribution in [0.25, 0.3) is 0 Å². The molecule has 19 heavy (non-hydrogen) atoms. The van der Waals surface area contributed by atoms with Gasteiger partial charge in [-0.2, -0.15) is 0 Å². The number of ether oxygens (including phenoxy) is 4. The van der Waals surface area contributed by atoms with E-state index in [0.717, 1.165) is 23.7 Å². The van der Waals surface area contributed by atoms with Crippen molar-refractivity contribution in [3.8, 4) is 11.5 Å². The average Bonchev–Trinajstić information content (AvgIpc) is 2.39. The zero-order chi connectivity index (χ0) is 13.9. The second-order valence-corrected chi connectivity index (χ2v) is 5.43. The molecule has 4 nitrogen and oxygen atoms in total. The van der Waals surface area contributed by atoms with Crippen molar-refractivity contribution in [1.82, 2.24) is 0 Å². The molecule has 2 rings (SSSR count). The molecule has 0 saturated carbocycles. The van der Waals surface area contributed by atoms with E-state index in [-0.39, 0.29) is 11.5 Å². The fourth-order valence-corrected chi connectivity index (χ4v) is 2.25. The van der Waals surface area contributed by atoms with Crippen LogP contribution >= 0.6 is 0 Å². The molecule has 1 unspecified atom stereocenters. The average molecular weight is 266 g/mol. The maximum Gasteiger partial charge on any atom is 0.161 e. The van der Waals surface area contributed by atoms with Crippen LogP contribution in [0.15, 0.2) is 18.2 Å². The Morgan fingerprint density at radius 2 is 2.00 bits per heavy atom. The molecule has 0 N–H and O–H groups in total. The lowest BCUT2D eigenvalue weighted by molar-refractivity contribution is -0.172. The first-order valence-electron chi connectivity index (χ1n) is 6.50. The molecule has 0 spiro atoms. The van der Waals surface area contributed by atoms with Crippen LogP contribution in [0.5, 0.6) is 11.5 Å². The van der Waals surface area contributed by atoms with Gasteiger partial charge in [-0.25, -0.2) is 0 Å². The predicted octanol–water partition coefficient (Wildman–Crippen LogP) is 2.82. The Labute approximate surface area is 114 Å². The van der Waals surface area contributed by atoms with Gasteiger partial charge in [0.15, 0.2) is 11.5 Å². The predicted molar refractivity (Wildman–Crippen MR) is 72.8 cm³/mol. The number of benzene rings is 1. The summed E-state index contributed by atoms with van der Waals surface area (Å²) >= 11 is 0. The summed E-state index contributed by atoms with van der Waals surface area (Å²) in [6.07, 6.45) is 0.134. The quantitative estimate of drug-likeness (QED) is 0.742. The van der Waals surface area contributed by atoms with Gasteiger partial charge in [0.2, 0.25) is 0 Å². The van der Waals surface area contributed by atoms with Crippen LogP contribution in [-0.4, -0.2) is 34.0 Å². The molecule has 1 aromatic rings. The fraction of sp³-hybridized carbons (Fsp3) is 0.600. The lowest BCUT2D eigenvalue weighted by Gasteiger charge is -2.44. The van der Waals surface area contributed by atoms with E-state index in [2.05, 4.69) is 13.8 Å². The second-order valence-electron chi connectivity index (χ2n) is 5.43. The van der Waals surface area contributed by atoms with E-state index in [1.54, 1.807) is 14.2 Å². The Bertz CT molecular complexity index is 428. The van der Waals surface area contributed by atoms with Gasteiger partial charge in [-0.3, -0.25) is 0 Å². The first kappa shape index (κ1) is 14.2. The lowest BCUT2D eigenvalue weighted by atomic mass is 9.79. The Morgan fingerprint density at radius 1 is 1.21 bits per heavy atom. The van der Waals surface area contributed by atoms with E-state index in [1.165, 1.54) is 0 Å². The maximum atomic E-state index is 5.65. The van der Waals surface area contributed by atoms with Crippen molar-refractivity contribution in [2.45, 2.75) is 20.0 Å². The molecule has 1 atom stereocenters. The summed E-state index contributed by atoms with van der Waals surface area (Å²) in [6, 6.07) is 5.96. The van der Waals surface area contributed by atoms with Gasteiger partial charge in [0.25, 0.3) is 0 Å². The summed E-state index contributed by atoms with van der Waals surface area (Å²) in [5.74, 6) is 1.47. The minimum atomic E-state index is 0.134. The molecule has 1 aliphatic rings. The number of hydrogen-bond acceptors (Lipinski definition) is 4. The summed E-state index contributed by atoms with van der Waals surface area (Å²) in [5, 5.41) is 0. The topological polar surface area (TPSA) is 36.9 Å². The Morgan fingerprint density at radius 3 is 2.53 bits per heavy atom. The summed E-state index contributed by atoms with van der Waals surface area (Å²) in [6.45, 7) is 6.28. The van der Waals surface area contributed by atoms with Crippen molar-refractivity contribution in [1.29, 1.82) is 0 Å².